The van der Waals surface area contributed by atoms with Crippen LogP contribution in [0.1, 0.15) is 55.5 Å². The number of carbonyl (C=O) groups excluding carboxylic acids is 1. The second-order valence-electron chi connectivity index (χ2n) is 9.33. The summed E-state index contributed by atoms with van der Waals surface area (Å²) in [5, 5.41) is 2.33. The molecule has 4 atom stereocenters. The molecule has 4 unspecified atom stereocenters. The molecule has 0 bridgehead atoms. The third-order valence-electron chi connectivity index (χ3n) is 7.80. The Morgan fingerprint density at radius 3 is 2.81 bits per heavy atom. The summed E-state index contributed by atoms with van der Waals surface area (Å²) in [7, 11) is 0. The van der Waals surface area contributed by atoms with Crippen LogP contribution in [0, 0.1) is 17.3 Å². The molecule has 1 aliphatic heterocycles. The average Bonchev–Trinajstić information content (AvgIpc) is 3.15. The lowest BCUT2D eigenvalue weighted by Gasteiger charge is -2.62. The van der Waals surface area contributed by atoms with E-state index < -0.39 is 0 Å². The Balaban J connectivity index is 1.67. The van der Waals surface area contributed by atoms with Crippen molar-refractivity contribution in [2.24, 2.45) is 17.3 Å². The summed E-state index contributed by atoms with van der Waals surface area (Å²) in [5.41, 5.74) is 4.66. The van der Waals surface area contributed by atoms with Gasteiger partial charge in [0.15, 0.2) is 0 Å². The van der Waals surface area contributed by atoms with E-state index >= 15 is 0 Å². The van der Waals surface area contributed by atoms with Crippen LogP contribution in [-0.2, 0) is 0 Å². The zero-order chi connectivity index (χ0) is 17.8. The van der Waals surface area contributed by atoms with Gasteiger partial charge in [0, 0.05) is 39.3 Å². The van der Waals surface area contributed by atoms with E-state index in [2.05, 4.69) is 37.9 Å². The van der Waals surface area contributed by atoms with Crippen LogP contribution < -0.4 is 4.74 Å². The van der Waals surface area contributed by atoms with Gasteiger partial charge in [0.1, 0.15) is 17.6 Å². The monoisotopic (exact) mass is 345 g/mol. The number of rotatable bonds is 1. The van der Waals surface area contributed by atoms with Gasteiger partial charge in [-0.15, -0.1) is 0 Å². The van der Waals surface area contributed by atoms with Crippen LogP contribution in [0.2, 0.25) is 0 Å². The van der Waals surface area contributed by atoms with Gasteiger partial charge in [0.2, 0.25) is 0 Å². The summed E-state index contributed by atoms with van der Waals surface area (Å²) in [5.74, 6) is 2.96. The van der Waals surface area contributed by atoms with E-state index in [-0.39, 0.29) is 5.60 Å². The fraction of sp³-hybridized carbons (Fsp3) is 0.435. The summed E-state index contributed by atoms with van der Waals surface area (Å²) in [4.78, 5) is 14.9. The molecule has 26 heavy (non-hydrogen) atoms. The Hall–Kier alpha value is -2.29. The Bertz CT molecular complexity index is 1110. The Labute approximate surface area is 152 Å². The van der Waals surface area contributed by atoms with Crippen molar-refractivity contribution < 1.29 is 9.53 Å². The largest absolute Gasteiger partial charge is 0.487 e. The number of aromatic nitrogens is 1. The number of nitrogens with one attached hydrogen (secondary N) is 1. The summed E-state index contributed by atoms with van der Waals surface area (Å²) in [6, 6.07) is 10.2. The molecule has 3 aromatic rings. The first-order valence-electron chi connectivity index (χ1n) is 9.66. The number of carbonyl (C=O) groups is 1. The molecule has 2 aliphatic carbocycles. The molecular weight excluding hydrogens is 322 g/mol. The SMILES string of the molecule is CC12CCC3C1C(c1c(ccc4c1[nH]c1ccc(C=O)cc14)O2)C3(C)C. The molecule has 1 aromatic heterocycles. The van der Waals surface area contributed by atoms with Crippen molar-refractivity contribution in [3.63, 3.8) is 0 Å². The van der Waals surface area contributed by atoms with Crippen LogP contribution in [-0.4, -0.2) is 16.9 Å². The van der Waals surface area contributed by atoms with Gasteiger partial charge in [0.05, 0.1) is 5.52 Å². The summed E-state index contributed by atoms with van der Waals surface area (Å²) in [6.07, 6.45) is 3.36. The Morgan fingerprint density at radius 2 is 2.00 bits per heavy atom. The smallest absolute Gasteiger partial charge is 0.150 e. The molecule has 0 saturated heterocycles. The third kappa shape index (κ3) is 1.50. The molecule has 3 heteroatoms. The van der Waals surface area contributed by atoms with Gasteiger partial charge in [-0.25, -0.2) is 0 Å². The molecule has 2 fully saturated rings. The van der Waals surface area contributed by atoms with E-state index in [0.717, 1.165) is 40.8 Å². The molecule has 6 rings (SSSR count). The van der Waals surface area contributed by atoms with Crippen LogP contribution in [0.3, 0.4) is 0 Å². The maximum absolute atomic E-state index is 11.2. The molecule has 3 nitrogen and oxygen atoms in total. The minimum atomic E-state index is -0.0117. The lowest BCUT2D eigenvalue weighted by Crippen LogP contribution is -2.59. The highest BCUT2D eigenvalue weighted by molar-refractivity contribution is 6.10. The van der Waals surface area contributed by atoms with E-state index in [0.29, 0.717) is 17.3 Å². The summed E-state index contributed by atoms with van der Waals surface area (Å²) in [6.45, 7) is 7.19. The van der Waals surface area contributed by atoms with Gasteiger partial charge in [-0.3, -0.25) is 4.79 Å². The number of benzene rings is 2. The van der Waals surface area contributed by atoms with E-state index in [1.54, 1.807) is 0 Å². The quantitative estimate of drug-likeness (QED) is 0.597. The fourth-order valence-corrected chi connectivity index (χ4v) is 6.59. The van der Waals surface area contributed by atoms with Gasteiger partial charge < -0.3 is 9.72 Å². The lowest BCUT2D eigenvalue weighted by atomic mass is 9.45. The van der Waals surface area contributed by atoms with Gasteiger partial charge in [-0.05, 0) is 61.4 Å². The van der Waals surface area contributed by atoms with Crippen LogP contribution in [0.25, 0.3) is 21.8 Å². The molecule has 2 aromatic carbocycles. The molecule has 2 heterocycles. The van der Waals surface area contributed by atoms with Crippen molar-refractivity contribution in [2.45, 2.75) is 45.1 Å². The second kappa shape index (κ2) is 4.33. The van der Waals surface area contributed by atoms with Crippen molar-refractivity contribution in [2.75, 3.05) is 0 Å². The minimum absolute atomic E-state index is 0.0117. The number of ether oxygens (including phenoxy) is 1. The predicted octanol–water partition coefficient (Wildman–Crippen LogP) is 5.43. The van der Waals surface area contributed by atoms with E-state index in [1.165, 1.54) is 22.9 Å². The van der Waals surface area contributed by atoms with Crippen molar-refractivity contribution >= 4 is 28.1 Å². The normalized spacial score (nSPS) is 33.4. The maximum atomic E-state index is 11.2. The van der Waals surface area contributed by atoms with Crippen LogP contribution in [0.15, 0.2) is 30.3 Å². The van der Waals surface area contributed by atoms with Crippen molar-refractivity contribution in [3.8, 4) is 5.75 Å². The number of hydrogen-bond acceptors (Lipinski definition) is 2. The number of aromatic amines is 1. The summed E-state index contributed by atoms with van der Waals surface area (Å²) < 4.78 is 6.61. The molecule has 1 N–H and O–H groups in total. The van der Waals surface area contributed by atoms with Crippen LogP contribution in [0.5, 0.6) is 5.75 Å². The van der Waals surface area contributed by atoms with Crippen molar-refractivity contribution in [1.29, 1.82) is 0 Å². The van der Waals surface area contributed by atoms with E-state index in [9.17, 15) is 4.79 Å². The van der Waals surface area contributed by atoms with Gasteiger partial charge in [0.25, 0.3) is 0 Å². The molecule has 2 saturated carbocycles. The van der Waals surface area contributed by atoms with E-state index in [4.69, 9.17) is 4.74 Å². The number of H-pyrrole nitrogens is 1. The Morgan fingerprint density at radius 1 is 1.15 bits per heavy atom. The molecule has 3 aliphatic rings. The number of fused-ring (bicyclic) bond motifs is 6. The highest BCUT2D eigenvalue weighted by Crippen LogP contribution is 2.73. The first-order chi connectivity index (χ1) is 12.4. The Kier molecular flexibility index (Phi) is 2.47. The first kappa shape index (κ1) is 14.8. The van der Waals surface area contributed by atoms with Gasteiger partial charge >= 0.3 is 0 Å². The highest BCUT2D eigenvalue weighted by Gasteiger charge is 2.69. The molecule has 0 amide bonds. The fourth-order valence-electron chi connectivity index (χ4n) is 6.59. The van der Waals surface area contributed by atoms with Crippen molar-refractivity contribution in [1.82, 2.24) is 4.98 Å². The van der Waals surface area contributed by atoms with Crippen LogP contribution >= 0.6 is 0 Å². The zero-order valence-corrected chi connectivity index (χ0v) is 15.4. The van der Waals surface area contributed by atoms with Gasteiger partial charge in [-0.1, -0.05) is 13.8 Å². The molecule has 0 radical (unpaired) electrons. The molecular formula is C23H23NO2. The first-order valence-corrected chi connectivity index (χ1v) is 9.66. The topological polar surface area (TPSA) is 42.1 Å². The number of aldehydes is 1. The highest BCUT2D eigenvalue weighted by atomic mass is 16.5. The second-order valence-corrected chi connectivity index (χ2v) is 9.33. The predicted molar refractivity (Wildman–Crippen MR) is 103 cm³/mol. The summed E-state index contributed by atoms with van der Waals surface area (Å²) >= 11 is 0. The lowest BCUT2D eigenvalue weighted by molar-refractivity contribution is -0.119. The van der Waals surface area contributed by atoms with Crippen molar-refractivity contribution in [3.05, 3.63) is 41.5 Å². The maximum Gasteiger partial charge on any atom is 0.150 e. The third-order valence-corrected chi connectivity index (χ3v) is 7.80. The number of hydrogen-bond donors (Lipinski definition) is 1. The van der Waals surface area contributed by atoms with E-state index in [1.807, 2.05) is 18.2 Å². The van der Waals surface area contributed by atoms with Gasteiger partial charge in [-0.2, -0.15) is 0 Å². The molecule has 132 valence electrons. The minimum Gasteiger partial charge on any atom is -0.487 e. The van der Waals surface area contributed by atoms with Crippen LogP contribution in [0.4, 0.5) is 0 Å². The standard InChI is InChI=1S/C23H23NO2/c1-22(2)15-8-9-23(3)19(15)20(22)18-17(26-23)7-5-13-14-10-12(11-25)4-6-16(14)24-21(13)18/h4-7,10-11,15,19-20,24H,8-9H2,1-3H3. The zero-order valence-electron chi connectivity index (χ0n) is 15.4. The average molecular weight is 345 g/mol. The molecule has 0 spiro atoms.